The molecule has 1 aromatic carbocycles. The quantitative estimate of drug-likeness (QED) is 0.534. The molecule has 1 unspecified atom stereocenters. The molecule has 0 heterocycles. The maximum Gasteiger partial charge on any atom is 0.0342 e. The van der Waals surface area contributed by atoms with Crippen LogP contribution in [0.3, 0.4) is 0 Å². The number of hydrogen-bond acceptors (Lipinski definition) is 2. The van der Waals surface area contributed by atoms with Gasteiger partial charge in [0.25, 0.3) is 0 Å². The highest BCUT2D eigenvalue weighted by molar-refractivity contribution is 5.18. The van der Waals surface area contributed by atoms with Gasteiger partial charge in [0, 0.05) is 12.1 Å². The minimum atomic E-state index is 0.0182. The molecular weight excluding hydrogens is 208 g/mol. The fraction of sp³-hybridized carbons (Fsp3) is 0.467. The van der Waals surface area contributed by atoms with E-state index in [1.807, 2.05) is 12.1 Å². The van der Waals surface area contributed by atoms with Gasteiger partial charge in [0.2, 0.25) is 0 Å². The molecule has 17 heavy (non-hydrogen) atoms. The van der Waals surface area contributed by atoms with Crippen molar-refractivity contribution in [2.24, 2.45) is 5.73 Å². The summed E-state index contributed by atoms with van der Waals surface area (Å²) in [5.41, 5.74) is 7.32. The van der Waals surface area contributed by atoms with Gasteiger partial charge in [0.1, 0.15) is 0 Å². The summed E-state index contributed by atoms with van der Waals surface area (Å²) in [6, 6.07) is 10.5. The molecule has 0 saturated carbocycles. The van der Waals surface area contributed by atoms with Gasteiger partial charge in [-0.1, -0.05) is 43.3 Å². The van der Waals surface area contributed by atoms with Crippen molar-refractivity contribution >= 4 is 0 Å². The second-order valence-corrected chi connectivity index (χ2v) is 4.50. The van der Waals surface area contributed by atoms with E-state index in [4.69, 9.17) is 5.73 Å². The van der Waals surface area contributed by atoms with E-state index in [1.165, 1.54) is 5.56 Å². The molecule has 0 fully saturated rings. The molecular formula is C15H24N2. The SMILES string of the molecule is C=CCCNC(CC)(CN)Cc1ccccc1. The smallest absolute Gasteiger partial charge is 0.0342 e. The average molecular weight is 232 g/mol. The van der Waals surface area contributed by atoms with Crippen LogP contribution in [0.15, 0.2) is 43.0 Å². The lowest BCUT2D eigenvalue weighted by Gasteiger charge is -2.33. The van der Waals surface area contributed by atoms with E-state index in [0.29, 0.717) is 6.54 Å². The van der Waals surface area contributed by atoms with Crippen LogP contribution in [0.5, 0.6) is 0 Å². The number of rotatable bonds is 8. The summed E-state index contributed by atoms with van der Waals surface area (Å²) in [6.07, 6.45) is 4.94. The topological polar surface area (TPSA) is 38.0 Å². The van der Waals surface area contributed by atoms with Gasteiger partial charge in [0.05, 0.1) is 0 Å². The fourth-order valence-corrected chi connectivity index (χ4v) is 2.03. The Morgan fingerprint density at radius 3 is 2.59 bits per heavy atom. The molecule has 0 radical (unpaired) electrons. The highest BCUT2D eigenvalue weighted by atomic mass is 15.0. The molecule has 1 aromatic rings. The minimum absolute atomic E-state index is 0.0182. The van der Waals surface area contributed by atoms with Crippen molar-refractivity contribution in [2.75, 3.05) is 13.1 Å². The molecule has 0 amide bonds. The first-order chi connectivity index (χ1) is 8.26. The summed E-state index contributed by atoms with van der Waals surface area (Å²) in [6.45, 7) is 7.54. The van der Waals surface area contributed by atoms with Gasteiger partial charge in [0.15, 0.2) is 0 Å². The summed E-state index contributed by atoms with van der Waals surface area (Å²) in [7, 11) is 0. The van der Waals surface area contributed by atoms with Gasteiger partial charge >= 0.3 is 0 Å². The average Bonchev–Trinajstić information content (AvgIpc) is 2.39. The number of benzene rings is 1. The van der Waals surface area contributed by atoms with Gasteiger partial charge < -0.3 is 11.1 Å². The molecule has 0 aliphatic rings. The van der Waals surface area contributed by atoms with Crippen LogP contribution in [0, 0.1) is 0 Å². The van der Waals surface area contributed by atoms with E-state index in [2.05, 4.69) is 43.1 Å². The normalized spacial score (nSPS) is 14.2. The lowest BCUT2D eigenvalue weighted by atomic mass is 9.88. The Bertz CT molecular complexity index is 315. The largest absolute Gasteiger partial charge is 0.329 e. The van der Waals surface area contributed by atoms with Crippen molar-refractivity contribution in [3.8, 4) is 0 Å². The molecule has 2 nitrogen and oxygen atoms in total. The second kappa shape index (κ2) is 7.25. The van der Waals surface area contributed by atoms with Gasteiger partial charge in [-0.05, 0) is 31.4 Å². The van der Waals surface area contributed by atoms with E-state index in [9.17, 15) is 0 Å². The third kappa shape index (κ3) is 4.33. The van der Waals surface area contributed by atoms with E-state index >= 15 is 0 Å². The Morgan fingerprint density at radius 2 is 2.06 bits per heavy atom. The zero-order chi connectivity index (χ0) is 12.6. The minimum Gasteiger partial charge on any atom is -0.329 e. The summed E-state index contributed by atoms with van der Waals surface area (Å²) >= 11 is 0. The van der Waals surface area contributed by atoms with E-state index in [-0.39, 0.29) is 5.54 Å². The van der Waals surface area contributed by atoms with E-state index < -0.39 is 0 Å². The first-order valence-electron chi connectivity index (χ1n) is 6.36. The standard InChI is InChI=1S/C15H24N2/c1-3-5-11-17-15(4-2,13-16)12-14-9-7-6-8-10-14/h3,6-10,17H,1,4-5,11-13,16H2,2H3. The summed E-state index contributed by atoms with van der Waals surface area (Å²) < 4.78 is 0. The summed E-state index contributed by atoms with van der Waals surface area (Å²) in [5, 5.41) is 3.59. The van der Waals surface area contributed by atoms with Crippen molar-refractivity contribution in [2.45, 2.75) is 31.7 Å². The van der Waals surface area contributed by atoms with Crippen LogP contribution >= 0.6 is 0 Å². The van der Waals surface area contributed by atoms with Crippen LogP contribution < -0.4 is 11.1 Å². The molecule has 0 saturated heterocycles. The van der Waals surface area contributed by atoms with Crippen LogP contribution in [-0.4, -0.2) is 18.6 Å². The van der Waals surface area contributed by atoms with Crippen molar-refractivity contribution in [3.63, 3.8) is 0 Å². The fourth-order valence-electron chi connectivity index (χ4n) is 2.03. The monoisotopic (exact) mass is 232 g/mol. The second-order valence-electron chi connectivity index (χ2n) is 4.50. The zero-order valence-electron chi connectivity index (χ0n) is 10.8. The Balaban J connectivity index is 2.66. The Kier molecular flexibility index (Phi) is 5.95. The van der Waals surface area contributed by atoms with Gasteiger partial charge in [-0.25, -0.2) is 0 Å². The first kappa shape index (κ1) is 13.9. The molecule has 1 atom stereocenters. The maximum absolute atomic E-state index is 5.96. The highest BCUT2D eigenvalue weighted by Crippen LogP contribution is 2.16. The van der Waals surface area contributed by atoms with Crippen molar-refractivity contribution < 1.29 is 0 Å². The molecule has 0 aromatic heterocycles. The lowest BCUT2D eigenvalue weighted by molar-refractivity contribution is 0.321. The predicted molar refractivity (Wildman–Crippen MR) is 75.0 cm³/mol. The van der Waals surface area contributed by atoms with Crippen LogP contribution in [0.1, 0.15) is 25.3 Å². The van der Waals surface area contributed by atoms with Gasteiger partial charge in [-0.3, -0.25) is 0 Å². The van der Waals surface area contributed by atoms with Crippen LogP contribution in [0.2, 0.25) is 0 Å². The highest BCUT2D eigenvalue weighted by Gasteiger charge is 2.25. The molecule has 0 aliphatic heterocycles. The molecule has 0 aliphatic carbocycles. The Labute approximate surface area is 105 Å². The number of hydrogen-bond donors (Lipinski definition) is 2. The summed E-state index contributed by atoms with van der Waals surface area (Å²) in [4.78, 5) is 0. The molecule has 2 heteroatoms. The van der Waals surface area contributed by atoms with Crippen LogP contribution in [0.4, 0.5) is 0 Å². The third-order valence-corrected chi connectivity index (χ3v) is 3.30. The Morgan fingerprint density at radius 1 is 1.35 bits per heavy atom. The van der Waals surface area contributed by atoms with E-state index in [1.54, 1.807) is 0 Å². The van der Waals surface area contributed by atoms with Crippen molar-refractivity contribution in [1.29, 1.82) is 0 Å². The lowest BCUT2D eigenvalue weighted by Crippen LogP contribution is -2.52. The molecule has 0 spiro atoms. The third-order valence-electron chi connectivity index (χ3n) is 3.30. The number of nitrogens with two attached hydrogens (primary N) is 1. The van der Waals surface area contributed by atoms with Crippen LogP contribution in [0.25, 0.3) is 0 Å². The molecule has 0 bridgehead atoms. The zero-order valence-corrected chi connectivity index (χ0v) is 10.8. The Hall–Kier alpha value is -1.12. The number of nitrogens with one attached hydrogen (secondary N) is 1. The first-order valence-corrected chi connectivity index (χ1v) is 6.36. The molecule has 1 rings (SSSR count). The van der Waals surface area contributed by atoms with Gasteiger partial charge in [-0.2, -0.15) is 0 Å². The van der Waals surface area contributed by atoms with E-state index in [0.717, 1.165) is 25.8 Å². The predicted octanol–water partition coefficient (Wildman–Crippen LogP) is 2.50. The van der Waals surface area contributed by atoms with Gasteiger partial charge in [-0.15, -0.1) is 6.58 Å². The van der Waals surface area contributed by atoms with Crippen LogP contribution in [-0.2, 0) is 6.42 Å². The maximum atomic E-state index is 5.96. The van der Waals surface area contributed by atoms with Crippen molar-refractivity contribution in [3.05, 3.63) is 48.6 Å². The van der Waals surface area contributed by atoms with Crippen molar-refractivity contribution in [1.82, 2.24) is 5.32 Å². The molecule has 3 N–H and O–H groups in total. The summed E-state index contributed by atoms with van der Waals surface area (Å²) in [5.74, 6) is 0. The molecule has 94 valence electrons.